The molecular weight excluding hydrogens is 243 g/mol. The van der Waals surface area contributed by atoms with Gasteiger partial charge in [0.2, 0.25) is 0 Å². The van der Waals surface area contributed by atoms with Gasteiger partial charge in [0, 0.05) is 13.6 Å². The lowest BCUT2D eigenvalue weighted by Crippen LogP contribution is -2.30. The molecule has 0 saturated heterocycles. The van der Waals surface area contributed by atoms with Crippen LogP contribution in [0.2, 0.25) is 0 Å². The molecule has 0 aliphatic heterocycles. The largest absolute Gasteiger partial charge is 0.416 e. The maximum atomic E-state index is 12.6. The molecule has 1 aliphatic rings. The van der Waals surface area contributed by atoms with Gasteiger partial charge in [0.05, 0.1) is 5.56 Å². The average Bonchev–Trinajstić information content (AvgIpc) is 2.21. The Kier molecular flexibility index (Phi) is 3.36. The van der Waals surface area contributed by atoms with Crippen molar-refractivity contribution in [3.8, 4) is 0 Å². The van der Waals surface area contributed by atoms with Crippen LogP contribution < -0.4 is 10.6 Å². The third-order valence-electron chi connectivity index (χ3n) is 3.31. The molecule has 0 spiro atoms. The zero-order chi connectivity index (χ0) is 13.3. The number of pyridine rings is 1. The third-order valence-corrected chi connectivity index (χ3v) is 3.31. The van der Waals surface area contributed by atoms with Crippen LogP contribution in [0.5, 0.6) is 0 Å². The summed E-state index contributed by atoms with van der Waals surface area (Å²) in [4.78, 5) is 5.71. The fraction of sp³-hybridized carbons (Fsp3) is 0.583. The quantitative estimate of drug-likeness (QED) is 0.907. The lowest BCUT2D eigenvalue weighted by Gasteiger charge is -2.31. The Hall–Kier alpha value is -1.46. The van der Waals surface area contributed by atoms with E-state index in [1.165, 1.54) is 6.42 Å². The maximum Gasteiger partial charge on any atom is 0.416 e. The van der Waals surface area contributed by atoms with Crippen LogP contribution in [0.4, 0.5) is 24.8 Å². The van der Waals surface area contributed by atoms with Gasteiger partial charge in [-0.3, -0.25) is 0 Å². The van der Waals surface area contributed by atoms with Gasteiger partial charge in [0.25, 0.3) is 0 Å². The number of hydrogen-bond donors (Lipinski definition) is 1. The van der Waals surface area contributed by atoms with E-state index >= 15 is 0 Å². The molecule has 6 heteroatoms. The number of hydrogen-bond acceptors (Lipinski definition) is 3. The third kappa shape index (κ3) is 2.86. The predicted molar refractivity (Wildman–Crippen MR) is 64.3 cm³/mol. The molecule has 1 aromatic heterocycles. The highest BCUT2D eigenvalue weighted by atomic mass is 19.4. The van der Waals surface area contributed by atoms with Crippen molar-refractivity contribution in [1.82, 2.24) is 4.98 Å². The van der Waals surface area contributed by atoms with Crippen LogP contribution in [0.3, 0.4) is 0 Å². The van der Waals surface area contributed by atoms with E-state index in [1.54, 1.807) is 11.9 Å². The molecule has 0 radical (unpaired) electrons. The van der Waals surface area contributed by atoms with E-state index in [4.69, 9.17) is 5.73 Å². The topological polar surface area (TPSA) is 42.1 Å². The molecule has 0 amide bonds. The molecule has 2 rings (SSSR count). The molecule has 2 N–H and O–H groups in total. The minimum Gasteiger partial charge on any atom is -0.384 e. The summed E-state index contributed by atoms with van der Waals surface area (Å²) in [5.41, 5.74) is 4.69. The van der Waals surface area contributed by atoms with E-state index in [9.17, 15) is 13.2 Å². The summed E-state index contributed by atoms with van der Waals surface area (Å²) < 4.78 is 37.9. The van der Waals surface area contributed by atoms with E-state index < -0.39 is 11.7 Å². The minimum absolute atomic E-state index is 0.0970. The maximum absolute atomic E-state index is 12.6. The molecule has 1 fully saturated rings. The van der Waals surface area contributed by atoms with Crippen LogP contribution in [0.25, 0.3) is 0 Å². The number of halogens is 3. The second kappa shape index (κ2) is 4.66. The van der Waals surface area contributed by atoms with Crippen molar-refractivity contribution in [1.29, 1.82) is 0 Å². The van der Waals surface area contributed by atoms with E-state index in [2.05, 4.69) is 4.98 Å². The van der Waals surface area contributed by atoms with Crippen LogP contribution in [-0.2, 0) is 6.18 Å². The monoisotopic (exact) mass is 259 g/mol. The van der Waals surface area contributed by atoms with E-state index in [0.29, 0.717) is 5.92 Å². The Balaban J connectivity index is 2.18. The van der Waals surface area contributed by atoms with Crippen LogP contribution >= 0.6 is 0 Å². The van der Waals surface area contributed by atoms with Crippen molar-refractivity contribution >= 4 is 11.6 Å². The first-order chi connectivity index (χ1) is 8.36. The fourth-order valence-electron chi connectivity index (χ4n) is 2.05. The summed E-state index contributed by atoms with van der Waals surface area (Å²) in [7, 11) is 1.75. The molecule has 0 unspecified atom stereocenters. The fourth-order valence-corrected chi connectivity index (χ4v) is 2.05. The number of nitrogen functional groups attached to an aromatic ring is 1. The van der Waals surface area contributed by atoms with Gasteiger partial charge in [-0.1, -0.05) is 6.42 Å². The lowest BCUT2D eigenvalue weighted by molar-refractivity contribution is -0.137. The molecule has 100 valence electrons. The summed E-state index contributed by atoms with van der Waals surface area (Å²) in [6, 6.07) is 1.91. The first-order valence-corrected chi connectivity index (χ1v) is 5.92. The van der Waals surface area contributed by atoms with Crippen LogP contribution in [-0.4, -0.2) is 18.6 Å². The van der Waals surface area contributed by atoms with Crippen molar-refractivity contribution in [2.45, 2.75) is 25.4 Å². The second-order valence-corrected chi connectivity index (χ2v) is 4.81. The molecule has 0 aromatic carbocycles. The second-order valence-electron chi connectivity index (χ2n) is 4.81. The molecule has 1 aromatic rings. The van der Waals surface area contributed by atoms with Gasteiger partial charge in [0.1, 0.15) is 11.6 Å². The smallest absolute Gasteiger partial charge is 0.384 e. The Morgan fingerprint density at radius 2 is 2.06 bits per heavy atom. The first kappa shape index (κ1) is 13.0. The van der Waals surface area contributed by atoms with Crippen LogP contribution in [0.15, 0.2) is 12.1 Å². The Morgan fingerprint density at radius 1 is 1.39 bits per heavy atom. The Morgan fingerprint density at radius 3 is 2.56 bits per heavy atom. The normalized spacial score (nSPS) is 16.4. The standard InChI is InChI=1S/C12H16F3N3/c1-18(7-8-3-2-4-8)11-6-9(12(13,14)15)5-10(16)17-11/h5-6,8H,2-4,7H2,1H3,(H2,16,17). The zero-order valence-corrected chi connectivity index (χ0v) is 10.2. The molecular formula is C12H16F3N3. The summed E-state index contributed by atoms with van der Waals surface area (Å²) in [5, 5.41) is 0. The van der Waals surface area contributed by atoms with Gasteiger partial charge in [-0.05, 0) is 30.9 Å². The molecule has 0 atom stereocenters. The highest BCUT2D eigenvalue weighted by Gasteiger charge is 2.32. The summed E-state index contributed by atoms with van der Waals surface area (Å²) in [5.74, 6) is 0.752. The molecule has 1 saturated carbocycles. The zero-order valence-electron chi connectivity index (χ0n) is 10.2. The van der Waals surface area contributed by atoms with Gasteiger partial charge in [-0.2, -0.15) is 13.2 Å². The number of anilines is 2. The molecule has 1 aliphatic carbocycles. The first-order valence-electron chi connectivity index (χ1n) is 5.92. The van der Waals surface area contributed by atoms with Crippen molar-refractivity contribution in [2.24, 2.45) is 5.92 Å². The molecule has 0 bridgehead atoms. The van der Waals surface area contributed by atoms with Gasteiger partial charge in [-0.15, -0.1) is 0 Å². The molecule has 1 heterocycles. The van der Waals surface area contributed by atoms with Crippen molar-refractivity contribution in [3.63, 3.8) is 0 Å². The summed E-state index contributed by atoms with van der Waals surface area (Å²) in [6.07, 6.45) is -0.905. The SMILES string of the molecule is CN(CC1CCC1)c1cc(C(F)(F)F)cc(N)n1. The average molecular weight is 259 g/mol. The number of rotatable bonds is 3. The summed E-state index contributed by atoms with van der Waals surface area (Å²) >= 11 is 0. The van der Waals surface area contributed by atoms with E-state index in [1.807, 2.05) is 0 Å². The lowest BCUT2D eigenvalue weighted by atomic mass is 9.85. The number of aromatic nitrogens is 1. The highest BCUT2D eigenvalue weighted by molar-refractivity contribution is 5.48. The molecule has 18 heavy (non-hydrogen) atoms. The highest BCUT2D eigenvalue weighted by Crippen LogP contribution is 2.33. The van der Waals surface area contributed by atoms with Gasteiger partial charge in [-0.25, -0.2) is 4.98 Å². The Labute approximate surface area is 104 Å². The van der Waals surface area contributed by atoms with Crippen molar-refractivity contribution < 1.29 is 13.2 Å². The minimum atomic E-state index is -4.39. The molecule has 3 nitrogen and oxygen atoms in total. The van der Waals surface area contributed by atoms with Gasteiger partial charge >= 0.3 is 6.18 Å². The number of nitrogens with zero attached hydrogens (tertiary/aromatic N) is 2. The van der Waals surface area contributed by atoms with Crippen molar-refractivity contribution in [3.05, 3.63) is 17.7 Å². The summed E-state index contributed by atoms with van der Waals surface area (Å²) in [6.45, 7) is 0.730. The van der Waals surface area contributed by atoms with Gasteiger partial charge in [0.15, 0.2) is 0 Å². The van der Waals surface area contributed by atoms with Crippen LogP contribution in [0.1, 0.15) is 24.8 Å². The van der Waals surface area contributed by atoms with Crippen molar-refractivity contribution in [2.75, 3.05) is 24.2 Å². The van der Waals surface area contributed by atoms with Gasteiger partial charge < -0.3 is 10.6 Å². The van der Waals surface area contributed by atoms with E-state index in [-0.39, 0.29) is 11.6 Å². The van der Waals surface area contributed by atoms with E-state index in [0.717, 1.165) is 31.5 Å². The Bertz CT molecular complexity index is 427. The van der Waals surface area contributed by atoms with Crippen LogP contribution in [0, 0.1) is 5.92 Å². The number of alkyl halides is 3. The number of nitrogens with two attached hydrogens (primary N) is 1. The predicted octanol–water partition coefficient (Wildman–Crippen LogP) is 2.92.